The van der Waals surface area contributed by atoms with Gasteiger partial charge in [0, 0.05) is 31.7 Å². The summed E-state index contributed by atoms with van der Waals surface area (Å²) in [6.07, 6.45) is 0. The highest BCUT2D eigenvalue weighted by Gasteiger charge is 2.24. The average Bonchev–Trinajstić information content (AvgIpc) is 2.72. The SMILES string of the molecule is COc1cc(C(=O)N2CCN(C)CC2)cc(OC)c1OCc1ccccc1.Cl. The maximum Gasteiger partial charge on any atom is 0.254 e. The zero-order chi connectivity index (χ0) is 19.2. The Kier molecular flexibility index (Phi) is 7.96. The maximum absolute atomic E-state index is 12.9. The zero-order valence-corrected chi connectivity index (χ0v) is 17.3. The van der Waals surface area contributed by atoms with Crippen LogP contribution in [0.5, 0.6) is 17.2 Å². The van der Waals surface area contributed by atoms with Crippen molar-refractivity contribution in [3.63, 3.8) is 0 Å². The topological polar surface area (TPSA) is 51.2 Å². The number of rotatable bonds is 6. The number of hydrogen-bond acceptors (Lipinski definition) is 5. The van der Waals surface area contributed by atoms with Crippen LogP contribution in [-0.4, -0.2) is 63.2 Å². The molecule has 0 radical (unpaired) electrons. The summed E-state index contributed by atoms with van der Waals surface area (Å²) in [6, 6.07) is 13.3. The number of nitrogens with zero attached hydrogens (tertiary/aromatic N) is 2. The van der Waals surface area contributed by atoms with Gasteiger partial charge in [0.1, 0.15) is 6.61 Å². The minimum absolute atomic E-state index is 0. The van der Waals surface area contributed by atoms with Gasteiger partial charge in [-0.15, -0.1) is 12.4 Å². The Balaban J connectivity index is 0.00000280. The molecule has 1 aliphatic heterocycles. The van der Waals surface area contributed by atoms with Crippen molar-refractivity contribution in [3.8, 4) is 17.2 Å². The molecule has 0 unspecified atom stereocenters. The Bertz CT molecular complexity index is 752. The van der Waals surface area contributed by atoms with Crippen LogP contribution in [0.15, 0.2) is 42.5 Å². The molecular formula is C21H27ClN2O4. The fraction of sp³-hybridized carbons (Fsp3) is 0.381. The second-order valence-corrected chi connectivity index (χ2v) is 6.58. The van der Waals surface area contributed by atoms with Crippen molar-refractivity contribution in [2.45, 2.75) is 6.61 Å². The van der Waals surface area contributed by atoms with Crippen LogP contribution in [0.4, 0.5) is 0 Å². The van der Waals surface area contributed by atoms with E-state index in [-0.39, 0.29) is 18.3 Å². The van der Waals surface area contributed by atoms with Crippen molar-refractivity contribution in [3.05, 3.63) is 53.6 Å². The van der Waals surface area contributed by atoms with E-state index in [4.69, 9.17) is 14.2 Å². The van der Waals surface area contributed by atoms with Crippen molar-refractivity contribution in [2.24, 2.45) is 0 Å². The van der Waals surface area contributed by atoms with Crippen LogP contribution in [0.25, 0.3) is 0 Å². The Morgan fingerprint density at radius 1 is 0.964 bits per heavy atom. The number of amides is 1. The number of benzene rings is 2. The van der Waals surface area contributed by atoms with Crippen LogP contribution in [0.1, 0.15) is 15.9 Å². The Hall–Kier alpha value is -2.44. The van der Waals surface area contributed by atoms with Gasteiger partial charge in [-0.25, -0.2) is 0 Å². The van der Waals surface area contributed by atoms with E-state index >= 15 is 0 Å². The molecule has 28 heavy (non-hydrogen) atoms. The van der Waals surface area contributed by atoms with Crippen LogP contribution in [0, 0.1) is 0 Å². The van der Waals surface area contributed by atoms with E-state index < -0.39 is 0 Å². The fourth-order valence-corrected chi connectivity index (χ4v) is 3.07. The van der Waals surface area contributed by atoms with Gasteiger partial charge in [-0.05, 0) is 24.7 Å². The van der Waals surface area contributed by atoms with E-state index in [9.17, 15) is 4.79 Å². The molecular weight excluding hydrogens is 380 g/mol. The van der Waals surface area contributed by atoms with Crippen molar-refractivity contribution in [1.82, 2.24) is 9.80 Å². The number of carbonyl (C=O) groups excluding carboxylic acids is 1. The lowest BCUT2D eigenvalue weighted by atomic mass is 10.1. The third-order valence-corrected chi connectivity index (χ3v) is 4.72. The molecule has 2 aromatic rings. The molecule has 7 heteroatoms. The van der Waals surface area contributed by atoms with Crippen LogP contribution >= 0.6 is 12.4 Å². The molecule has 0 aromatic heterocycles. The molecule has 0 bridgehead atoms. The molecule has 1 amide bonds. The predicted molar refractivity (Wildman–Crippen MR) is 111 cm³/mol. The van der Waals surface area contributed by atoms with Gasteiger partial charge in [-0.2, -0.15) is 0 Å². The van der Waals surface area contributed by atoms with Crippen LogP contribution in [0.3, 0.4) is 0 Å². The summed E-state index contributed by atoms with van der Waals surface area (Å²) < 4.78 is 16.9. The number of hydrogen-bond donors (Lipinski definition) is 0. The molecule has 1 aliphatic rings. The van der Waals surface area contributed by atoms with E-state index in [1.165, 1.54) is 0 Å². The standard InChI is InChI=1S/C21H26N2O4.ClH/c1-22-9-11-23(12-10-22)21(24)17-13-18(25-2)20(19(14-17)26-3)27-15-16-7-5-4-6-8-16;/h4-8,13-14H,9-12,15H2,1-3H3;1H. The van der Waals surface area contributed by atoms with Crippen molar-refractivity contribution < 1.29 is 19.0 Å². The van der Waals surface area contributed by atoms with Gasteiger partial charge in [-0.3, -0.25) is 4.79 Å². The second kappa shape index (κ2) is 10.2. The van der Waals surface area contributed by atoms with E-state index in [0.29, 0.717) is 42.5 Å². The summed E-state index contributed by atoms with van der Waals surface area (Å²) >= 11 is 0. The number of carbonyl (C=O) groups is 1. The molecule has 0 N–H and O–H groups in total. The van der Waals surface area contributed by atoms with E-state index in [0.717, 1.165) is 18.7 Å². The number of piperazine rings is 1. The van der Waals surface area contributed by atoms with Crippen molar-refractivity contribution in [1.29, 1.82) is 0 Å². The molecule has 2 aromatic carbocycles. The highest BCUT2D eigenvalue weighted by Crippen LogP contribution is 2.39. The third kappa shape index (κ3) is 5.09. The first-order chi connectivity index (χ1) is 13.1. The first kappa shape index (κ1) is 21.9. The van der Waals surface area contributed by atoms with Crippen LogP contribution in [-0.2, 0) is 6.61 Å². The van der Waals surface area contributed by atoms with E-state index in [2.05, 4.69) is 11.9 Å². The average molecular weight is 407 g/mol. The lowest BCUT2D eigenvalue weighted by Gasteiger charge is -2.32. The van der Waals surface area contributed by atoms with Gasteiger partial charge in [0.2, 0.25) is 5.75 Å². The van der Waals surface area contributed by atoms with Gasteiger partial charge in [0.25, 0.3) is 5.91 Å². The summed E-state index contributed by atoms with van der Waals surface area (Å²) in [4.78, 5) is 17.0. The summed E-state index contributed by atoms with van der Waals surface area (Å²) in [5.41, 5.74) is 1.58. The van der Waals surface area contributed by atoms with Gasteiger partial charge in [0.05, 0.1) is 14.2 Å². The second-order valence-electron chi connectivity index (χ2n) is 6.58. The van der Waals surface area contributed by atoms with Gasteiger partial charge < -0.3 is 24.0 Å². The van der Waals surface area contributed by atoms with Crippen molar-refractivity contribution in [2.75, 3.05) is 47.4 Å². The Labute approximate surface area is 172 Å². The molecule has 1 heterocycles. The quantitative estimate of drug-likeness (QED) is 0.737. The van der Waals surface area contributed by atoms with Gasteiger partial charge in [-0.1, -0.05) is 30.3 Å². The Morgan fingerprint density at radius 2 is 1.54 bits per heavy atom. The predicted octanol–water partition coefficient (Wildman–Crippen LogP) is 3.09. The maximum atomic E-state index is 12.9. The lowest BCUT2D eigenvalue weighted by Crippen LogP contribution is -2.47. The third-order valence-electron chi connectivity index (χ3n) is 4.72. The fourth-order valence-electron chi connectivity index (χ4n) is 3.07. The van der Waals surface area contributed by atoms with Gasteiger partial charge in [0.15, 0.2) is 11.5 Å². The number of ether oxygens (including phenoxy) is 3. The molecule has 0 atom stereocenters. The summed E-state index contributed by atoms with van der Waals surface area (Å²) in [5, 5.41) is 0. The molecule has 0 spiro atoms. The monoisotopic (exact) mass is 406 g/mol. The largest absolute Gasteiger partial charge is 0.493 e. The van der Waals surface area contributed by atoms with Gasteiger partial charge >= 0.3 is 0 Å². The zero-order valence-electron chi connectivity index (χ0n) is 16.5. The minimum atomic E-state index is -0.0192. The van der Waals surface area contributed by atoms with Crippen molar-refractivity contribution >= 4 is 18.3 Å². The van der Waals surface area contributed by atoms with E-state index in [1.54, 1.807) is 26.4 Å². The first-order valence-electron chi connectivity index (χ1n) is 9.03. The molecule has 3 rings (SSSR count). The lowest BCUT2D eigenvalue weighted by molar-refractivity contribution is 0.0663. The smallest absolute Gasteiger partial charge is 0.254 e. The molecule has 1 saturated heterocycles. The number of methoxy groups -OCH3 is 2. The summed E-state index contributed by atoms with van der Waals surface area (Å²) in [7, 11) is 5.19. The molecule has 0 saturated carbocycles. The molecule has 0 aliphatic carbocycles. The van der Waals surface area contributed by atoms with Crippen LogP contribution < -0.4 is 14.2 Å². The molecule has 152 valence electrons. The summed E-state index contributed by atoms with van der Waals surface area (Å²) in [6.45, 7) is 3.56. The number of halogens is 1. The molecule has 6 nitrogen and oxygen atoms in total. The first-order valence-corrected chi connectivity index (χ1v) is 9.03. The number of likely N-dealkylation sites (N-methyl/N-ethyl adjacent to an activating group) is 1. The normalized spacial score (nSPS) is 14.2. The van der Waals surface area contributed by atoms with Crippen LogP contribution in [0.2, 0.25) is 0 Å². The molecule has 1 fully saturated rings. The highest BCUT2D eigenvalue weighted by atomic mass is 35.5. The van der Waals surface area contributed by atoms with E-state index in [1.807, 2.05) is 35.2 Å². The Morgan fingerprint density at radius 3 is 2.07 bits per heavy atom. The highest BCUT2D eigenvalue weighted by molar-refractivity contribution is 5.95. The minimum Gasteiger partial charge on any atom is -0.493 e. The summed E-state index contributed by atoms with van der Waals surface area (Å²) in [5.74, 6) is 1.46.